The normalized spacial score (nSPS) is 33.0. The van der Waals surface area contributed by atoms with E-state index in [-0.39, 0.29) is 5.91 Å². The highest BCUT2D eigenvalue weighted by atomic mass is 16.5. The molecule has 2 saturated heterocycles. The number of carboxylic acids is 1. The van der Waals surface area contributed by atoms with Crippen molar-refractivity contribution in [1.29, 1.82) is 0 Å². The Kier molecular flexibility index (Phi) is 3.66. The van der Waals surface area contributed by atoms with Crippen molar-refractivity contribution in [2.75, 3.05) is 6.54 Å². The topological polar surface area (TPSA) is 66.8 Å². The van der Waals surface area contributed by atoms with Crippen molar-refractivity contribution >= 4 is 11.9 Å². The predicted molar refractivity (Wildman–Crippen MR) is 60.6 cm³/mol. The molecule has 0 aliphatic carbocycles. The van der Waals surface area contributed by atoms with Crippen molar-refractivity contribution in [1.82, 2.24) is 4.90 Å². The van der Waals surface area contributed by atoms with Gasteiger partial charge in [0, 0.05) is 12.6 Å². The fourth-order valence-electron chi connectivity index (χ4n) is 2.74. The molecule has 1 N–H and O–H groups in total. The highest BCUT2D eigenvalue weighted by molar-refractivity contribution is 5.83. The van der Waals surface area contributed by atoms with E-state index in [4.69, 9.17) is 9.84 Å². The molecule has 0 bridgehead atoms. The summed E-state index contributed by atoms with van der Waals surface area (Å²) in [6.07, 6.45) is 2.69. The zero-order valence-electron chi connectivity index (χ0n) is 10.1. The zero-order valence-corrected chi connectivity index (χ0v) is 10.1. The quantitative estimate of drug-likeness (QED) is 0.801. The van der Waals surface area contributed by atoms with Gasteiger partial charge in [-0.3, -0.25) is 4.79 Å². The molecule has 0 aromatic rings. The molecule has 2 fully saturated rings. The molecular weight excluding hydrogens is 222 g/mol. The summed E-state index contributed by atoms with van der Waals surface area (Å²) in [5.41, 5.74) is 0. The van der Waals surface area contributed by atoms with Gasteiger partial charge < -0.3 is 14.7 Å². The summed E-state index contributed by atoms with van der Waals surface area (Å²) in [5.74, 6) is -0.980. The fourth-order valence-corrected chi connectivity index (χ4v) is 2.74. The zero-order chi connectivity index (χ0) is 12.4. The van der Waals surface area contributed by atoms with Gasteiger partial charge in [-0.2, -0.15) is 0 Å². The van der Waals surface area contributed by atoms with Crippen molar-refractivity contribution in [3.63, 3.8) is 0 Å². The SMILES string of the molecule is CCC1CCCN1C(=O)C1CCC(C(=O)O)O1. The van der Waals surface area contributed by atoms with E-state index in [1.807, 2.05) is 4.90 Å². The standard InChI is InChI=1S/C12H19NO4/c1-2-8-4-3-7-13(8)11(14)9-5-6-10(17-9)12(15)16/h8-10H,2-7H2,1H3,(H,15,16). The molecule has 0 aromatic carbocycles. The molecule has 0 aromatic heterocycles. The van der Waals surface area contributed by atoms with Crippen LogP contribution in [0.15, 0.2) is 0 Å². The van der Waals surface area contributed by atoms with Crippen LogP contribution in [-0.2, 0) is 14.3 Å². The number of rotatable bonds is 3. The van der Waals surface area contributed by atoms with Crippen LogP contribution < -0.4 is 0 Å². The van der Waals surface area contributed by atoms with Gasteiger partial charge in [0.15, 0.2) is 6.10 Å². The third-order valence-corrected chi connectivity index (χ3v) is 3.70. The molecule has 2 aliphatic heterocycles. The van der Waals surface area contributed by atoms with Crippen LogP contribution in [0.5, 0.6) is 0 Å². The van der Waals surface area contributed by atoms with Crippen molar-refractivity contribution in [2.45, 2.75) is 57.3 Å². The number of likely N-dealkylation sites (tertiary alicyclic amines) is 1. The molecule has 96 valence electrons. The number of ether oxygens (including phenoxy) is 1. The molecule has 0 radical (unpaired) electrons. The average molecular weight is 241 g/mol. The molecule has 0 spiro atoms. The van der Waals surface area contributed by atoms with Gasteiger partial charge in [-0.1, -0.05) is 6.92 Å². The number of carboxylic acid groups (broad SMARTS) is 1. The van der Waals surface area contributed by atoms with E-state index < -0.39 is 18.2 Å². The van der Waals surface area contributed by atoms with Crippen molar-refractivity contribution in [3.8, 4) is 0 Å². The van der Waals surface area contributed by atoms with E-state index in [0.29, 0.717) is 18.9 Å². The van der Waals surface area contributed by atoms with Crippen LogP contribution in [0.4, 0.5) is 0 Å². The summed E-state index contributed by atoms with van der Waals surface area (Å²) in [6, 6.07) is 0.315. The third-order valence-electron chi connectivity index (χ3n) is 3.70. The minimum atomic E-state index is -0.964. The van der Waals surface area contributed by atoms with Gasteiger partial charge in [0.2, 0.25) is 0 Å². The van der Waals surface area contributed by atoms with Gasteiger partial charge in [0.25, 0.3) is 5.91 Å². The molecule has 5 nitrogen and oxygen atoms in total. The maximum Gasteiger partial charge on any atom is 0.332 e. The monoisotopic (exact) mass is 241 g/mol. The second-order valence-electron chi connectivity index (χ2n) is 4.76. The molecule has 3 unspecified atom stereocenters. The minimum Gasteiger partial charge on any atom is -0.479 e. The number of aliphatic carboxylic acids is 1. The molecule has 17 heavy (non-hydrogen) atoms. The number of hydrogen-bond acceptors (Lipinski definition) is 3. The molecule has 2 aliphatic rings. The van der Waals surface area contributed by atoms with E-state index >= 15 is 0 Å². The number of carbonyl (C=O) groups excluding carboxylic acids is 1. The maximum absolute atomic E-state index is 12.2. The molecule has 2 heterocycles. The van der Waals surface area contributed by atoms with Crippen LogP contribution in [0.25, 0.3) is 0 Å². The largest absolute Gasteiger partial charge is 0.479 e. The van der Waals surface area contributed by atoms with Gasteiger partial charge in [-0.15, -0.1) is 0 Å². The summed E-state index contributed by atoms with van der Waals surface area (Å²) in [7, 11) is 0. The van der Waals surface area contributed by atoms with E-state index in [0.717, 1.165) is 25.8 Å². The Bertz CT molecular complexity index is 318. The Hall–Kier alpha value is -1.10. The van der Waals surface area contributed by atoms with Gasteiger partial charge in [0.05, 0.1) is 0 Å². The Morgan fingerprint density at radius 1 is 1.29 bits per heavy atom. The molecule has 3 atom stereocenters. The van der Waals surface area contributed by atoms with Crippen LogP contribution in [-0.4, -0.2) is 46.7 Å². The van der Waals surface area contributed by atoms with Gasteiger partial charge >= 0.3 is 5.97 Å². The van der Waals surface area contributed by atoms with Crippen LogP contribution in [0.1, 0.15) is 39.0 Å². The number of nitrogens with zero attached hydrogens (tertiary/aromatic N) is 1. The van der Waals surface area contributed by atoms with E-state index in [1.165, 1.54) is 0 Å². The molecule has 2 rings (SSSR count). The number of amides is 1. The smallest absolute Gasteiger partial charge is 0.332 e. The molecule has 5 heteroatoms. The first kappa shape index (κ1) is 12.4. The lowest BCUT2D eigenvalue weighted by Crippen LogP contribution is -2.42. The predicted octanol–water partition coefficient (Wildman–Crippen LogP) is 1.02. The summed E-state index contributed by atoms with van der Waals surface area (Å²) in [5, 5.41) is 8.83. The number of carbonyl (C=O) groups is 2. The third kappa shape index (κ3) is 2.44. The van der Waals surface area contributed by atoms with Crippen molar-refractivity contribution in [3.05, 3.63) is 0 Å². The van der Waals surface area contributed by atoms with Gasteiger partial charge in [0.1, 0.15) is 6.10 Å². The Balaban J connectivity index is 1.95. The first-order valence-corrected chi connectivity index (χ1v) is 6.32. The van der Waals surface area contributed by atoms with Gasteiger partial charge in [-0.25, -0.2) is 4.79 Å². The van der Waals surface area contributed by atoms with Crippen LogP contribution in [0.2, 0.25) is 0 Å². The first-order valence-electron chi connectivity index (χ1n) is 6.32. The Morgan fingerprint density at radius 3 is 2.59 bits per heavy atom. The fraction of sp³-hybridized carbons (Fsp3) is 0.833. The Morgan fingerprint density at radius 2 is 2.00 bits per heavy atom. The van der Waals surface area contributed by atoms with E-state index in [2.05, 4.69) is 6.92 Å². The van der Waals surface area contributed by atoms with E-state index in [1.54, 1.807) is 0 Å². The second-order valence-corrected chi connectivity index (χ2v) is 4.76. The van der Waals surface area contributed by atoms with E-state index in [9.17, 15) is 9.59 Å². The molecule has 0 saturated carbocycles. The van der Waals surface area contributed by atoms with Crippen LogP contribution in [0.3, 0.4) is 0 Å². The average Bonchev–Trinajstić information content (AvgIpc) is 2.96. The molecular formula is C12H19NO4. The Labute approximate surface area is 101 Å². The summed E-state index contributed by atoms with van der Waals surface area (Å²) in [4.78, 5) is 24.8. The minimum absolute atomic E-state index is 0.0156. The maximum atomic E-state index is 12.2. The van der Waals surface area contributed by atoms with Gasteiger partial charge in [-0.05, 0) is 32.1 Å². The highest BCUT2D eigenvalue weighted by Crippen LogP contribution is 2.26. The lowest BCUT2D eigenvalue weighted by molar-refractivity contribution is -0.155. The molecule has 1 amide bonds. The first-order chi connectivity index (χ1) is 8.13. The lowest BCUT2D eigenvalue weighted by atomic mass is 10.1. The van der Waals surface area contributed by atoms with Crippen LogP contribution >= 0.6 is 0 Å². The second kappa shape index (κ2) is 5.04. The number of hydrogen-bond donors (Lipinski definition) is 1. The lowest BCUT2D eigenvalue weighted by Gasteiger charge is -2.26. The summed E-state index contributed by atoms with van der Waals surface area (Å²) < 4.78 is 5.30. The summed E-state index contributed by atoms with van der Waals surface area (Å²) >= 11 is 0. The highest BCUT2D eigenvalue weighted by Gasteiger charge is 2.39. The van der Waals surface area contributed by atoms with Crippen LogP contribution in [0, 0.1) is 0 Å². The summed E-state index contributed by atoms with van der Waals surface area (Å²) in [6.45, 7) is 2.86. The van der Waals surface area contributed by atoms with Crippen molar-refractivity contribution in [2.24, 2.45) is 0 Å². The van der Waals surface area contributed by atoms with Crippen molar-refractivity contribution < 1.29 is 19.4 Å².